The van der Waals surface area contributed by atoms with Gasteiger partial charge in [0.2, 0.25) is 0 Å². The molecule has 1 fully saturated rings. The van der Waals surface area contributed by atoms with Crippen molar-refractivity contribution in [1.29, 1.82) is 0 Å². The van der Waals surface area contributed by atoms with E-state index in [9.17, 15) is 14.7 Å². The largest absolute Gasteiger partial charge is 0.508 e. The lowest BCUT2D eigenvalue weighted by Gasteiger charge is -2.29. The highest BCUT2D eigenvalue weighted by Gasteiger charge is 2.20. The average Bonchev–Trinajstić information content (AvgIpc) is 2.86. The van der Waals surface area contributed by atoms with Crippen LogP contribution in [0.25, 0.3) is 11.1 Å². The normalized spacial score (nSPS) is 14.4. The van der Waals surface area contributed by atoms with Crippen LogP contribution in [-0.2, 0) is 0 Å². The number of urea groups is 1. The topological polar surface area (TPSA) is 93.7 Å². The molecule has 1 heterocycles. The van der Waals surface area contributed by atoms with Crippen LogP contribution in [0.5, 0.6) is 5.75 Å². The summed E-state index contributed by atoms with van der Waals surface area (Å²) in [6, 6.07) is 21.5. The number of phenols is 1. The van der Waals surface area contributed by atoms with E-state index in [2.05, 4.69) is 16.0 Å². The molecule has 1 atom stereocenters. The summed E-state index contributed by atoms with van der Waals surface area (Å²) < 4.78 is 0. The van der Waals surface area contributed by atoms with E-state index in [0.29, 0.717) is 24.3 Å². The van der Waals surface area contributed by atoms with Gasteiger partial charge in [-0.05, 0) is 60.0 Å². The summed E-state index contributed by atoms with van der Waals surface area (Å²) in [5.74, 6) is -0.0773. The second-order valence-electron chi connectivity index (χ2n) is 8.07. The van der Waals surface area contributed by atoms with Gasteiger partial charge in [-0.15, -0.1) is 0 Å². The van der Waals surface area contributed by atoms with Crippen molar-refractivity contribution in [3.05, 3.63) is 83.9 Å². The number of nitrogens with zero attached hydrogens (tertiary/aromatic N) is 1. The van der Waals surface area contributed by atoms with Gasteiger partial charge in [-0.3, -0.25) is 4.79 Å². The maximum atomic E-state index is 12.6. The maximum absolute atomic E-state index is 12.6. The Balaban J connectivity index is 1.47. The Labute approximate surface area is 193 Å². The molecule has 4 rings (SSSR count). The smallest absolute Gasteiger partial charge is 0.317 e. The van der Waals surface area contributed by atoms with Gasteiger partial charge in [-0.2, -0.15) is 0 Å². The van der Waals surface area contributed by atoms with Crippen molar-refractivity contribution in [3.8, 4) is 16.9 Å². The van der Waals surface area contributed by atoms with Gasteiger partial charge in [-0.25, -0.2) is 4.79 Å². The highest BCUT2D eigenvalue weighted by Crippen LogP contribution is 2.29. The Morgan fingerprint density at radius 2 is 1.61 bits per heavy atom. The average molecular weight is 445 g/mol. The molecule has 1 saturated heterocycles. The summed E-state index contributed by atoms with van der Waals surface area (Å²) in [5, 5.41) is 18.6. The van der Waals surface area contributed by atoms with Crippen LogP contribution in [0, 0.1) is 0 Å². The predicted octanol–water partition coefficient (Wildman–Crippen LogP) is 3.99. The molecule has 0 aromatic heterocycles. The lowest BCUT2D eigenvalue weighted by Crippen LogP contribution is -2.50. The van der Waals surface area contributed by atoms with Gasteiger partial charge in [0.15, 0.2) is 0 Å². The monoisotopic (exact) mass is 444 g/mol. The van der Waals surface area contributed by atoms with E-state index in [1.165, 1.54) is 12.1 Å². The molecule has 7 heteroatoms. The number of carbonyl (C=O) groups is 2. The van der Waals surface area contributed by atoms with Crippen molar-refractivity contribution in [2.24, 2.45) is 0 Å². The van der Waals surface area contributed by atoms with Crippen LogP contribution in [0.2, 0.25) is 0 Å². The molecule has 33 heavy (non-hydrogen) atoms. The van der Waals surface area contributed by atoms with Gasteiger partial charge in [0.25, 0.3) is 5.91 Å². The van der Waals surface area contributed by atoms with Crippen molar-refractivity contribution in [2.75, 3.05) is 31.5 Å². The van der Waals surface area contributed by atoms with Gasteiger partial charge >= 0.3 is 6.03 Å². The number of phenolic OH excluding ortho intramolecular Hbond substituents is 1. The van der Waals surface area contributed by atoms with Crippen molar-refractivity contribution < 1.29 is 14.7 Å². The van der Waals surface area contributed by atoms with Crippen LogP contribution in [0.3, 0.4) is 0 Å². The lowest BCUT2D eigenvalue weighted by molar-refractivity contribution is 0.102. The van der Waals surface area contributed by atoms with Crippen LogP contribution < -0.4 is 16.0 Å². The summed E-state index contributed by atoms with van der Waals surface area (Å²) in [4.78, 5) is 27.0. The molecule has 170 valence electrons. The quantitative estimate of drug-likeness (QED) is 0.448. The van der Waals surface area contributed by atoms with E-state index in [-0.39, 0.29) is 23.7 Å². The minimum atomic E-state index is -0.225. The van der Waals surface area contributed by atoms with E-state index in [4.69, 9.17) is 0 Å². The molecule has 0 unspecified atom stereocenters. The number of amides is 3. The first kappa shape index (κ1) is 22.4. The zero-order valence-electron chi connectivity index (χ0n) is 18.5. The number of benzene rings is 3. The Morgan fingerprint density at radius 1 is 0.939 bits per heavy atom. The molecule has 0 spiro atoms. The molecule has 0 aliphatic carbocycles. The van der Waals surface area contributed by atoms with Gasteiger partial charge < -0.3 is 26.0 Å². The molecule has 4 N–H and O–H groups in total. The minimum Gasteiger partial charge on any atom is -0.508 e. The fourth-order valence-electron chi connectivity index (χ4n) is 3.91. The number of nitrogens with one attached hydrogen (secondary N) is 3. The SMILES string of the molecule is C[C@@H](NC(=O)N1CCNCC1)c1ccccc1-c1ccc(C(=O)Nc2ccc(O)cc2)cc1. The highest BCUT2D eigenvalue weighted by molar-refractivity contribution is 6.04. The van der Waals surface area contributed by atoms with Crippen LogP contribution in [0.15, 0.2) is 72.8 Å². The summed E-state index contributed by atoms with van der Waals surface area (Å²) in [7, 11) is 0. The Morgan fingerprint density at radius 3 is 2.30 bits per heavy atom. The van der Waals surface area contributed by atoms with E-state index < -0.39 is 0 Å². The first-order valence-electron chi connectivity index (χ1n) is 11.1. The van der Waals surface area contributed by atoms with Crippen molar-refractivity contribution in [2.45, 2.75) is 13.0 Å². The van der Waals surface area contributed by atoms with Gasteiger partial charge in [0.1, 0.15) is 5.75 Å². The number of aromatic hydroxyl groups is 1. The number of piperazine rings is 1. The molecule has 3 amide bonds. The molecular weight excluding hydrogens is 416 g/mol. The fourth-order valence-corrected chi connectivity index (χ4v) is 3.91. The molecule has 1 aliphatic rings. The second kappa shape index (κ2) is 10.2. The summed E-state index contributed by atoms with van der Waals surface area (Å²) in [6.45, 7) is 5.01. The second-order valence-corrected chi connectivity index (χ2v) is 8.07. The van der Waals surface area contributed by atoms with Crippen molar-refractivity contribution in [1.82, 2.24) is 15.5 Å². The number of carbonyl (C=O) groups excluding carboxylic acids is 2. The Kier molecular flexibility index (Phi) is 6.90. The maximum Gasteiger partial charge on any atom is 0.317 e. The first-order valence-corrected chi connectivity index (χ1v) is 11.1. The minimum absolute atomic E-state index is 0.0555. The Bertz CT molecular complexity index is 1110. The van der Waals surface area contributed by atoms with Crippen LogP contribution >= 0.6 is 0 Å². The summed E-state index contributed by atoms with van der Waals surface area (Å²) >= 11 is 0. The van der Waals surface area contributed by atoms with Crippen LogP contribution in [0.1, 0.15) is 28.9 Å². The highest BCUT2D eigenvalue weighted by atomic mass is 16.3. The van der Waals surface area contributed by atoms with Crippen LogP contribution in [0.4, 0.5) is 10.5 Å². The third kappa shape index (κ3) is 5.51. The van der Waals surface area contributed by atoms with Crippen LogP contribution in [-0.4, -0.2) is 48.1 Å². The molecular formula is C26H28N4O3. The predicted molar refractivity (Wildman–Crippen MR) is 129 cm³/mol. The molecule has 7 nitrogen and oxygen atoms in total. The van der Waals surface area contributed by atoms with E-state index in [1.807, 2.05) is 48.2 Å². The first-order chi connectivity index (χ1) is 16.0. The third-order valence-electron chi connectivity index (χ3n) is 5.75. The van der Waals surface area contributed by atoms with E-state index >= 15 is 0 Å². The fraction of sp³-hybridized carbons (Fsp3) is 0.231. The summed E-state index contributed by atoms with van der Waals surface area (Å²) in [5.41, 5.74) is 4.14. The van der Waals surface area contributed by atoms with Gasteiger partial charge in [0.05, 0.1) is 6.04 Å². The molecule has 0 radical (unpaired) electrons. The van der Waals surface area contributed by atoms with E-state index in [1.54, 1.807) is 24.3 Å². The Hall–Kier alpha value is -3.84. The number of hydrogen-bond acceptors (Lipinski definition) is 4. The lowest BCUT2D eigenvalue weighted by atomic mass is 9.95. The zero-order chi connectivity index (χ0) is 23.2. The standard InChI is InChI=1S/C26H28N4O3/c1-18(28-26(33)30-16-14-27-15-17-30)23-4-2-3-5-24(23)19-6-8-20(9-7-19)25(32)29-21-10-12-22(31)13-11-21/h2-13,18,27,31H,14-17H2,1H3,(H,28,33)(H,29,32)/t18-/m1/s1. The molecule has 3 aromatic rings. The molecule has 0 bridgehead atoms. The number of rotatable bonds is 5. The third-order valence-corrected chi connectivity index (χ3v) is 5.75. The van der Waals surface area contributed by atoms with E-state index in [0.717, 1.165) is 29.8 Å². The van der Waals surface area contributed by atoms with Gasteiger partial charge in [0, 0.05) is 37.4 Å². The van der Waals surface area contributed by atoms with Gasteiger partial charge in [-0.1, -0.05) is 36.4 Å². The zero-order valence-corrected chi connectivity index (χ0v) is 18.5. The number of hydrogen-bond donors (Lipinski definition) is 4. The summed E-state index contributed by atoms with van der Waals surface area (Å²) in [6.07, 6.45) is 0. The van der Waals surface area contributed by atoms with Crippen molar-refractivity contribution >= 4 is 17.6 Å². The molecule has 0 saturated carbocycles. The number of anilines is 1. The molecule has 1 aliphatic heterocycles. The van der Waals surface area contributed by atoms with Crippen molar-refractivity contribution in [3.63, 3.8) is 0 Å². The molecule has 3 aromatic carbocycles.